The average Bonchev–Trinajstić information content (AvgIpc) is 3.33. The van der Waals surface area contributed by atoms with Crippen LogP contribution in [0.3, 0.4) is 0 Å². The molecule has 0 spiro atoms. The van der Waals surface area contributed by atoms with Gasteiger partial charge in [0.25, 0.3) is 10.0 Å². The number of hydrogen-bond acceptors (Lipinski definition) is 8. The number of sulfonamides is 1. The maximum Gasteiger partial charge on any atom is 0.258 e. The number of carbonyl (C=O) groups excluding carboxylic acids is 1. The van der Waals surface area contributed by atoms with Gasteiger partial charge in [-0.1, -0.05) is 36.9 Å². The number of piperidine rings is 1. The van der Waals surface area contributed by atoms with E-state index in [1.54, 1.807) is 17.0 Å². The van der Waals surface area contributed by atoms with Crippen LogP contribution in [0.2, 0.25) is 0 Å². The lowest BCUT2D eigenvalue weighted by Crippen LogP contribution is -2.40. The number of nitrogen functional groups attached to an aromatic ring is 1. The van der Waals surface area contributed by atoms with E-state index in [1.165, 1.54) is 24.7 Å². The molecule has 12 heteroatoms. The van der Waals surface area contributed by atoms with Crippen LogP contribution in [-0.4, -0.2) is 57.0 Å². The lowest BCUT2D eigenvalue weighted by molar-refractivity contribution is -0.127. The molecule has 11 nitrogen and oxygen atoms in total. The number of nitrogens with two attached hydrogens (primary N) is 1. The number of hydrogen-bond donors (Lipinski definition) is 2. The molecule has 1 aliphatic heterocycles. The standard InChI is InChI=1S/C25H26N8O3S/c1-2-21(34)32-13-5-6-19(15-32)33-25-22(24(26)28-16-29-25)23(31-33)18-10-8-17(9-11-18)14-30-37(35,36)20-7-3-4-12-27-20/h2-4,7-12,16,19,30H,1,5-6,13-15H2,(H2,26,28,29). The minimum atomic E-state index is -3.72. The molecule has 1 fully saturated rings. The maximum absolute atomic E-state index is 12.5. The van der Waals surface area contributed by atoms with E-state index >= 15 is 0 Å². The average molecular weight is 519 g/mol. The number of nitrogens with zero attached hydrogens (tertiary/aromatic N) is 6. The number of pyridine rings is 1. The Kier molecular flexibility index (Phi) is 6.68. The van der Waals surface area contributed by atoms with E-state index in [-0.39, 0.29) is 23.5 Å². The molecule has 1 atom stereocenters. The summed E-state index contributed by atoms with van der Waals surface area (Å²) >= 11 is 0. The van der Waals surface area contributed by atoms with Crippen LogP contribution < -0.4 is 10.5 Å². The summed E-state index contributed by atoms with van der Waals surface area (Å²) in [6, 6.07) is 12.0. The predicted octanol–water partition coefficient (Wildman–Crippen LogP) is 2.30. The van der Waals surface area contributed by atoms with Gasteiger partial charge in [-0.15, -0.1) is 0 Å². The normalized spacial score (nSPS) is 16.1. The zero-order valence-corrected chi connectivity index (χ0v) is 20.8. The third-order valence-electron chi connectivity index (χ3n) is 6.35. The Hall–Kier alpha value is -4.16. The fraction of sp³-hybridized carbons (Fsp3) is 0.240. The zero-order valence-electron chi connectivity index (χ0n) is 20.0. The second-order valence-electron chi connectivity index (χ2n) is 8.72. The second-order valence-corrected chi connectivity index (χ2v) is 10.4. The van der Waals surface area contributed by atoms with E-state index in [2.05, 4.69) is 26.3 Å². The van der Waals surface area contributed by atoms with Gasteiger partial charge in [-0.05, 0) is 36.6 Å². The number of anilines is 1. The van der Waals surface area contributed by atoms with Crippen LogP contribution in [0, 0.1) is 0 Å². The van der Waals surface area contributed by atoms with E-state index in [0.29, 0.717) is 35.6 Å². The van der Waals surface area contributed by atoms with Gasteiger partial charge in [0, 0.05) is 31.4 Å². The van der Waals surface area contributed by atoms with Crippen LogP contribution in [0.15, 0.2) is 72.7 Å². The third kappa shape index (κ3) is 4.93. The minimum absolute atomic E-state index is 0.0322. The molecule has 3 N–H and O–H groups in total. The molecule has 4 aromatic rings. The number of amides is 1. The lowest BCUT2D eigenvalue weighted by atomic mass is 10.1. The van der Waals surface area contributed by atoms with Crippen molar-refractivity contribution < 1.29 is 13.2 Å². The molecule has 0 aliphatic carbocycles. The van der Waals surface area contributed by atoms with E-state index in [9.17, 15) is 13.2 Å². The van der Waals surface area contributed by atoms with Crippen LogP contribution >= 0.6 is 0 Å². The van der Waals surface area contributed by atoms with Crippen molar-refractivity contribution in [3.05, 3.63) is 73.2 Å². The van der Waals surface area contributed by atoms with E-state index in [0.717, 1.165) is 24.0 Å². The highest BCUT2D eigenvalue weighted by Crippen LogP contribution is 2.33. The fourth-order valence-electron chi connectivity index (χ4n) is 4.47. The molecule has 1 saturated heterocycles. The maximum atomic E-state index is 12.5. The first-order valence-electron chi connectivity index (χ1n) is 11.8. The van der Waals surface area contributed by atoms with Crippen molar-refractivity contribution in [2.45, 2.75) is 30.5 Å². The first kappa shape index (κ1) is 24.5. The van der Waals surface area contributed by atoms with Gasteiger partial charge < -0.3 is 10.6 Å². The summed E-state index contributed by atoms with van der Waals surface area (Å²) in [5, 5.41) is 5.47. The van der Waals surface area contributed by atoms with Crippen LogP contribution in [0.4, 0.5) is 5.82 Å². The summed E-state index contributed by atoms with van der Waals surface area (Å²) < 4.78 is 29.3. The number of likely N-dealkylation sites (tertiary alicyclic amines) is 1. The smallest absolute Gasteiger partial charge is 0.258 e. The Morgan fingerprint density at radius 1 is 1.16 bits per heavy atom. The van der Waals surface area contributed by atoms with Gasteiger partial charge in [0.2, 0.25) is 5.91 Å². The van der Waals surface area contributed by atoms with Gasteiger partial charge >= 0.3 is 0 Å². The van der Waals surface area contributed by atoms with E-state index in [1.807, 2.05) is 28.9 Å². The van der Waals surface area contributed by atoms with Crippen LogP contribution in [-0.2, 0) is 21.4 Å². The monoisotopic (exact) mass is 518 g/mol. The largest absolute Gasteiger partial charge is 0.383 e. The number of fused-ring (bicyclic) bond motifs is 1. The summed E-state index contributed by atoms with van der Waals surface area (Å²) in [6.07, 6.45) is 5.85. The van der Waals surface area contributed by atoms with Crippen molar-refractivity contribution in [1.29, 1.82) is 0 Å². The Balaban J connectivity index is 1.42. The molecule has 1 aromatic carbocycles. The quantitative estimate of drug-likeness (QED) is 0.354. The van der Waals surface area contributed by atoms with Crippen molar-refractivity contribution in [2.75, 3.05) is 18.8 Å². The van der Waals surface area contributed by atoms with Crippen molar-refractivity contribution in [3.8, 4) is 11.3 Å². The van der Waals surface area contributed by atoms with E-state index in [4.69, 9.17) is 10.8 Å². The van der Waals surface area contributed by atoms with Gasteiger partial charge in [0.1, 0.15) is 17.8 Å². The highest BCUT2D eigenvalue weighted by molar-refractivity contribution is 7.89. The van der Waals surface area contributed by atoms with Crippen molar-refractivity contribution in [1.82, 2.24) is 34.4 Å². The highest BCUT2D eigenvalue weighted by atomic mass is 32.2. The van der Waals surface area contributed by atoms with Crippen molar-refractivity contribution in [2.24, 2.45) is 0 Å². The molecule has 190 valence electrons. The van der Waals surface area contributed by atoms with Gasteiger partial charge in [-0.3, -0.25) is 4.79 Å². The molecule has 0 radical (unpaired) electrons. The molecule has 1 aliphatic rings. The van der Waals surface area contributed by atoms with Crippen molar-refractivity contribution >= 4 is 32.8 Å². The number of carbonyl (C=O) groups is 1. The Morgan fingerprint density at radius 3 is 2.70 bits per heavy atom. The van der Waals surface area contributed by atoms with Gasteiger partial charge in [0.15, 0.2) is 10.7 Å². The summed E-state index contributed by atoms with van der Waals surface area (Å²) in [5.41, 5.74) is 9.03. The number of nitrogens with one attached hydrogen (secondary N) is 1. The summed E-state index contributed by atoms with van der Waals surface area (Å²) in [7, 11) is -3.72. The van der Waals surface area contributed by atoms with Gasteiger partial charge in [-0.2, -0.15) is 5.10 Å². The molecule has 3 aromatic heterocycles. The molecular weight excluding hydrogens is 492 g/mol. The SMILES string of the molecule is C=CC(=O)N1CCCC(n2nc(-c3ccc(CNS(=O)(=O)c4ccccn4)cc3)c3c(N)ncnc32)C1. The molecule has 1 unspecified atom stereocenters. The topological polar surface area (TPSA) is 149 Å². The Labute approximate surface area is 214 Å². The molecule has 1 amide bonds. The van der Waals surface area contributed by atoms with Crippen LogP contribution in [0.1, 0.15) is 24.4 Å². The zero-order chi connectivity index (χ0) is 26.0. The molecule has 0 saturated carbocycles. The van der Waals surface area contributed by atoms with Crippen LogP contribution in [0.5, 0.6) is 0 Å². The molecule has 4 heterocycles. The Morgan fingerprint density at radius 2 is 1.97 bits per heavy atom. The number of rotatable bonds is 7. The van der Waals surface area contributed by atoms with Crippen molar-refractivity contribution in [3.63, 3.8) is 0 Å². The number of benzene rings is 1. The third-order valence-corrected chi connectivity index (χ3v) is 7.67. The number of aromatic nitrogens is 5. The highest BCUT2D eigenvalue weighted by Gasteiger charge is 2.28. The van der Waals surface area contributed by atoms with Gasteiger partial charge in [-0.25, -0.2) is 32.8 Å². The fourth-order valence-corrected chi connectivity index (χ4v) is 5.44. The second kappa shape index (κ2) is 10.1. The summed E-state index contributed by atoms with van der Waals surface area (Å²) in [5.74, 6) is 0.207. The van der Waals surface area contributed by atoms with E-state index < -0.39 is 10.0 Å². The minimum Gasteiger partial charge on any atom is -0.383 e. The first-order valence-corrected chi connectivity index (χ1v) is 13.3. The molecule has 37 heavy (non-hydrogen) atoms. The molecule has 5 rings (SSSR count). The lowest BCUT2D eigenvalue weighted by Gasteiger charge is -2.32. The Bertz CT molecular complexity index is 1550. The molecular formula is C25H26N8O3S. The summed E-state index contributed by atoms with van der Waals surface area (Å²) in [4.78, 5) is 26.5. The summed E-state index contributed by atoms with van der Waals surface area (Å²) in [6.45, 7) is 4.88. The molecule has 0 bridgehead atoms. The first-order chi connectivity index (χ1) is 17.9. The predicted molar refractivity (Wildman–Crippen MR) is 138 cm³/mol. The van der Waals surface area contributed by atoms with Crippen LogP contribution in [0.25, 0.3) is 22.3 Å². The van der Waals surface area contributed by atoms with Gasteiger partial charge in [0.05, 0.1) is 11.4 Å².